The predicted molar refractivity (Wildman–Crippen MR) is 84.1 cm³/mol. The van der Waals surface area contributed by atoms with Crippen LogP contribution in [-0.2, 0) is 0 Å². The van der Waals surface area contributed by atoms with Gasteiger partial charge >= 0.3 is 0 Å². The number of carbonyl (C=O) groups is 1. The Hall–Kier alpha value is -2.21. The summed E-state index contributed by atoms with van der Waals surface area (Å²) in [6.07, 6.45) is 0. The van der Waals surface area contributed by atoms with Crippen molar-refractivity contribution in [2.24, 2.45) is 0 Å². The first-order chi connectivity index (χ1) is 10.1. The zero-order chi connectivity index (χ0) is 15.0. The lowest BCUT2D eigenvalue weighted by atomic mass is 10.2. The minimum atomic E-state index is -0.0704. The molecule has 0 bridgehead atoms. The third-order valence-electron chi connectivity index (χ3n) is 3.40. The summed E-state index contributed by atoms with van der Waals surface area (Å²) >= 11 is 1.43. The summed E-state index contributed by atoms with van der Waals surface area (Å²) in [6, 6.07) is 7.94. The van der Waals surface area contributed by atoms with Crippen molar-refractivity contribution in [2.75, 3.05) is 11.4 Å². The molecule has 0 saturated carbocycles. The molecule has 1 amide bonds. The van der Waals surface area contributed by atoms with Crippen molar-refractivity contribution in [1.29, 1.82) is 0 Å². The minimum absolute atomic E-state index is 0.0704. The van der Waals surface area contributed by atoms with Gasteiger partial charge in [-0.15, -0.1) is 0 Å². The summed E-state index contributed by atoms with van der Waals surface area (Å²) in [6.45, 7) is 6.43. The van der Waals surface area contributed by atoms with Gasteiger partial charge in [0.05, 0.1) is 5.69 Å². The van der Waals surface area contributed by atoms with Crippen molar-refractivity contribution in [1.82, 2.24) is 14.6 Å². The fourth-order valence-electron chi connectivity index (χ4n) is 2.41. The molecule has 0 aliphatic carbocycles. The second-order valence-corrected chi connectivity index (χ2v) is 5.68. The normalized spacial score (nSPS) is 11.0. The van der Waals surface area contributed by atoms with Crippen molar-refractivity contribution >= 4 is 27.9 Å². The van der Waals surface area contributed by atoms with Crippen molar-refractivity contribution in [3.05, 3.63) is 46.7 Å². The van der Waals surface area contributed by atoms with Gasteiger partial charge in [0.1, 0.15) is 5.51 Å². The number of carbonyl (C=O) groups excluding carboxylic acids is 1. The molecule has 0 aliphatic heterocycles. The number of imidazole rings is 1. The molecule has 0 atom stereocenters. The smallest absolute Gasteiger partial charge is 0.278 e. The summed E-state index contributed by atoms with van der Waals surface area (Å²) in [4.78, 5) is 19.8. The third kappa shape index (κ3) is 2.31. The van der Waals surface area contributed by atoms with Crippen LogP contribution in [0, 0.1) is 13.8 Å². The van der Waals surface area contributed by atoms with Gasteiger partial charge in [0.15, 0.2) is 5.69 Å². The van der Waals surface area contributed by atoms with Gasteiger partial charge in [0, 0.05) is 12.2 Å². The largest absolute Gasteiger partial charge is 0.307 e. The summed E-state index contributed by atoms with van der Waals surface area (Å²) in [5.74, 6) is -0.0704. The van der Waals surface area contributed by atoms with Crippen LogP contribution in [0.3, 0.4) is 0 Å². The first-order valence-corrected chi connectivity index (χ1v) is 7.67. The molecule has 2 heterocycles. The van der Waals surface area contributed by atoms with E-state index in [0.717, 1.165) is 16.2 Å². The number of anilines is 1. The van der Waals surface area contributed by atoms with Gasteiger partial charge in [-0.1, -0.05) is 23.5 Å². The second kappa shape index (κ2) is 5.29. The van der Waals surface area contributed by atoms with E-state index >= 15 is 0 Å². The molecular formula is C15H16N4OS. The van der Waals surface area contributed by atoms with Crippen LogP contribution in [0.4, 0.5) is 5.69 Å². The molecule has 3 aromatic rings. The molecule has 0 saturated heterocycles. The van der Waals surface area contributed by atoms with E-state index in [1.54, 1.807) is 14.9 Å². The van der Waals surface area contributed by atoms with E-state index in [-0.39, 0.29) is 5.91 Å². The van der Waals surface area contributed by atoms with E-state index in [1.807, 2.05) is 45.0 Å². The average Bonchev–Trinajstić information content (AvgIpc) is 2.99. The van der Waals surface area contributed by atoms with Crippen LogP contribution in [0.2, 0.25) is 0 Å². The van der Waals surface area contributed by atoms with E-state index in [1.165, 1.54) is 11.3 Å². The predicted octanol–water partition coefficient (Wildman–Crippen LogP) is 3.07. The van der Waals surface area contributed by atoms with Crippen molar-refractivity contribution in [3.8, 4) is 0 Å². The van der Waals surface area contributed by atoms with E-state index in [2.05, 4.69) is 10.1 Å². The Kier molecular flexibility index (Phi) is 3.47. The number of benzene rings is 1. The molecule has 21 heavy (non-hydrogen) atoms. The number of rotatable bonds is 3. The van der Waals surface area contributed by atoms with Gasteiger partial charge in [0.2, 0.25) is 4.96 Å². The number of aryl methyl sites for hydroxylation is 2. The lowest BCUT2D eigenvalue weighted by molar-refractivity contribution is 0.0981. The van der Waals surface area contributed by atoms with Gasteiger partial charge in [-0.2, -0.15) is 9.61 Å². The van der Waals surface area contributed by atoms with Crippen LogP contribution >= 0.6 is 11.3 Å². The van der Waals surface area contributed by atoms with Crippen LogP contribution in [-0.4, -0.2) is 27.0 Å². The van der Waals surface area contributed by atoms with Crippen LogP contribution in [0.5, 0.6) is 0 Å². The Bertz CT molecular complexity index is 805. The number of amides is 1. The molecule has 0 fully saturated rings. The first kappa shape index (κ1) is 13.8. The Morgan fingerprint density at radius 2 is 2.19 bits per heavy atom. The number of aromatic nitrogens is 3. The summed E-state index contributed by atoms with van der Waals surface area (Å²) in [5.41, 5.74) is 4.97. The molecular weight excluding hydrogens is 284 g/mol. The second-order valence-electron chi connectivity index (χ2n) is 4.87. The Balaban J connectivity index is 2.07. The molecule has 108 valence electrons. The van der Waals surface area contributed by atoms with Gasteiger partial charge in [0.25, 0.3) is 5.91 Å². The molecule has 0 N–H and O–H groups in total. The molecule has 1 aromatic carbocycles. The van der Waals surface area contributed by atoms with Gasteiger partial charge in [-0.05, 0) is 38.5 Å². The summed E-state index contributed by atoms with van der Waals surface area (Å²) in [5, 5.41) is 4.21. The molecule has 3 rings (SSSR count). The molecule has 0 spiro atoms. The van der Waals surface area contributed by atoms with Crippen molar-refractivity contribution in [2.45, 2.75) is 20.8 Å². The number of nitrogens with zero attached hydrogens (tertiary/aromatic N) is 4. The zero-order valence-electron chi connectivity index (χ0n) is 12.2. The molecule has 0 radical (unpaired) electrons. The molecule has 5 nitrogen and oxygen atoms in total. The summed E-state index contributed by atoms with van der Waals surface area (Å²) in [7, 11) is 0. The van der Waals surface area contributed by atoms with Crippen molar-refractivity contribution in [3.63, 3.8) is 0 Å². The van der Waals surface area contributed by atoms with Crippen LogP contribution < -0.4 is 4.90 Å². The highest BCUT2D eigenvalue weighted by atomic mass is 32.1. The minimum Gasteiger partial charge on any atom is -0.307 e. The lowest BCUT2D eigenvalue weighted by Crippen LogP contribution is -2.32. The molecule has 6 heteroatoms. The molecule has 0 aliphatic rings. The quantitative estimate of drug-likeness (QED) is 0.747. The number of hydrogen-bond donors (Lipinski definition) is 0. The van der Waals surface area contributed by atoms with Crippen LogP contribution in [0.15, 0.2) is 29.8 Å². The van der Waals surface area contributed by atoms with E-state index in [0.29, 0.717) is 17.9 Å². The Morgan fingerprint density at radius 3 is 2.90 bits per heavy atom. The maximum Gasteiger partial charge on any atom is 0.278 e. The maximum atomic E-state index is 12.9. The first-order valence-electron chi connectivity index (χ1n) is 6.79. The number of hydrogen-bond acceptors (Lipinski definition) is 4. The van der Waals surface area contributed by atoms with Gasteiger partial charge in [-0.3, -0.25) is 4.79 Å². The topological polar surface area (TPSA) is 50.5 Å². The molecule has 2 aromatic heterocycles. The average molecular weight is 300 g/mol. The fraction of sp³-hybridized carbons (Fsp3) is 0.267. The van der Waals surface area contributed by atoms with Gasteiger partial charge < -0.3 is 4.90 Å². The monoisotopic (exact) mass is 300 g/mol. The SMILES string of the molecule is CCN(C(=O)c1c(C)nc2scnn12)c1cccc(C)c1. The van der Waals surface area contributed by atoms with Crippen molar-refractivity contribution < 1.29 is 4.79 Å². The number of fused-ring (bicyclic) bond motifs is 1. The van der Waals surface area contributed by atoms with Crippen LogP contribution in [0.1, 0.15) is 28.7 Å². The third-order valence-corrected chi connectivity index (χ3v) is 4.07. The van der Waals surface area contributed by atoms with E-state index < -0.39 is 0 Å². The molecule has 0 unspecified atom stereocenters. The Morgan fingerprint density at radius 1 is 1.38 bits per heavy atom. The highest BCUT2D eigenvalue weighted by molar-refractivity contribution is 7.14. The zero-order valence-corrected chi connectivity index (χ0v) is 13.0. The van der Waals surface area contributed by atoms with Crippen LogP contribution in [0.25, 0.3) is 4.96 Å². The van der Waals surface area contributed by atoms with E-state index in [4.69, 9.17) is 0 Å². The Labute approximate surface area is 126 Å². The fourth-order valence-corrected chi connectivity index (χ4v) is 3.07. The van der Waals surface area contributed by atoms with Gasteiger partial charge in [-0.25, -0.2) is 4.98 Å². The maximum absolute atomic E-state index is 12.9. The lowest BCUT2D eigenvalue weighted by Gasteiger charge is -2.21. The standard InChI is InChI=1S/C15H16N4OS/c1-4-18(12-7-5-6-10(2)8-12)14(20)13-11(3)17-15-19(13)16-9-21-15/h5-9H,4H2,1-3H3. The highest BCUT2D eigenvalue weighted by Gasteiger charge is 2.24. The van der Waals surface area contributed by atoms with E-state index in [9.17, 15) is 4.79 Å². The summed E-state index contributed by atoms with van der Waals surface area (Å²) < 4.78 is 1.63. The highest BCUT2D eigenvalue weighted by Crippen LogP contribution is 2.21.